The van der Waals surface area contributed by atoms with Gasteiger partial charge in [-0.1, -0.05) is 24.5 Å². The molecule has 2 saturated heterocycles. The molecule has 4 rings (SSSR count). The number of nitrogens with one attached hydrogen (secondary N) is 2. The Morgan fingerprint density at radius 1 is 1.13 bits per heavy atom. The van der Waals surface area contributed by atoms with Gasteiger partial charge < -0.3 is 45.2 Å². The van der Waals surface area contributed by atoms with E-state index in [2.05, 4.69) is 22.5 Å². The molecule has 1 saturated carbocycles. The Balaban J connectivity index is 1.59. The van der Waals surface area contributed by atoms with Gasteiger partial charge in [0.25, 0.3) is 5.91 Å². The number of epoxide rings is 1. The summed E-state index contributed by atoms with van der Waals surface area (Å²) >= 11 is 0. The normalized spacial score (nSPS) is 26.3. The van der Waals surface area contributed by atoms with Crippen molar-refractivity contribution in [2.24, 2.45) is 11.7 Å². The fourth-order valence-electron chi connectivity index (χ4n) is 6.24. The van der Waals surface area contributed by atoms with Gasteiger partial charge >= 0.3 is 0 Å². The van der Waals surface area contributed by atoms with Crippen LogP contribution in [0, 0.1) is 17.8 Å². The summed E-state index contributed by atoms with van der Waals surface area (Å²) in [5.74, 6) is 3.88. The van der Waals surface area contributed by atoms with Gasteiger partial charge in [0, 0.05) is 52.4 Å². The van der Waals surface area contributed by atoms with Crippen LogP contribution in [0.3, 0.4) is 0 Å². The number of aliphatic hydroxyl groups excluding tert-OH is 1. The van der Waals surface area contributed by atoms with Crippen molar-refractivity contribution >= 4 is 17.7 Å². The molecule has 3 aliphatic rings. The van der Waals surface area contributed by atoms with Crippen LogP contribution < -0.4 is 16.4 Å². The molecule has 260 valence electrons. The smallest absolute Gasteiger partial charge is 0.254 e. The zero-order chi connectivity index (χ0) is 34.0. The van der Waals surface area contributed by atoms with Gasteiger partial charge in [0.2, 0.25) is 18.1 Å². The maximum atomic E-state index is 14.0. The fourth-order valence-corrected chi connectivity index (χ4v) is 6.24. The number of unbranched alkanes of at least 4 members (excludes halogenated alkanes) is 2. The highest BCUT2D eigenvalue weighted by molar-refractivity contribution is 5.90. The number of amides is 3. The summed E-state index contributed by atoms with van der Waals surface area (Å²) in [6, 6.07) is 6.37. The van der Waals surface area contributed by atoms with Gasteiger partial charge in [0.1, 0.15) is 12.1 Å². The highest BCUT2D eigenvalue weighted by atomic mass is 16.7. The van der Waals surface area contributed by atoms with Crippen molar-refractivity contribution in [2.45, 2.75) is 95.0 Å². The van der Waals surface area contributed by atoms with Crippen molar-refractivity contribution in [2.75, 3.05) is 40.5 Å². The molecule has 2 aliphatic heterocycles. The number of fused-ring (bicyclic) bond motifs is 2. The lowest BCUT2D eigenvalue weighted by atomic mass is 9.70. The zero-order valence-electron chi connectivity index (χ0n) is 27.6. The number of carbonyl (C=O) groups is 3. The van der Waals surface area contributed by atoms with Crippen LogP contribution in [-0.2, 0) is 49.5 Å². The minimum absolute atomic E-state index is 0.0396. The Morgan fingerprint density at radius 3 is 2.55 bits per heavy atom. The lowest BCUT2D eigenvalue weighted by molar-refractivity contribution is -0.219. The number of hydrogen-bond acceptors (Lipinski definition) is 11. The number of methoxy groups -OCH3 is 2. The number of nitrogens with zero attached hydrogens (tertiary/aromatic N) is 1. The van der Waals surface area contributed by atoms with Crippen molar-refractivity contribution in [1.82, 2.24) is 15.7 Å². The second-order valence-electron chi connectivity index (χ2n) is 11.8. The van der Waals surface area contributed by atoms with E-state index in [9.17, 15) is 19.5 Å². The third-order valence-corrected chi connectivity index (χ3v) is 8.54. The van der Waals surface area contributed by atoms with E-state index >= 15 is 0 Å². The number of hydroxylamine groups is 2. The Morgan fingerprint density at radius 2 is 1.87 bits per heavy atom. The van der Waals surface area contributed by atoms with Crippen LogP contribution in [0.25, 0.3) is 0 Å². The second kappa shape index (κ2) is 17.3. The molecule has 2 heterocycles. The molecular weight excluding hydrogens is 612 g/mol. The molecule has 14 heteroatoms. The average molecular weight is 661 g/mol. The number of nitrogens with two attached hydrogens (primary N) is 1. The lowest BCUT2D eigenvalue weighted by Crippen LogP contribution is -2.61. The molecular formula is C33H48N4O10. The Hall–Kier alpha value is -3.13. The maximum absolute atomic E-state index is 14.0. The highest BCUT2D eigenvalue weighted by Crippen LogP contribution is 2.53. The first-order valence-corrected chi connectivity index (χ1v) is 16.2. The molecule has 1 aromatic carbocycles. The summed E-state index contributed by atoms with van der Waals surface area (Å²) in [7, 11) is 2.93. The number of hydrogen-bond donors (Lipinski definition) is 4. The molecule has 3 fully saturated rings. The van der Waals surface area contributed by atoms with Gasteiger partial charge in [0.05, 0.1) is 31.2 Å². The third-order valence-electron chi connectivity index (χ3n) is 8.54. The standard InChI is InChI=1S/C33H48N4O10/c1-5-44-25(45-6-2)15-14-21-11-10-12-22(17-21)20-37-28(31(40)36-19-26(42-3)43-4)27-29(39)30-23(46-30)18-33(27,47-37)32(41)35-16-9-7-8-13-24(34)38/h10-12,17,23,25-30,39H,5-9,13,16,18-20H2,1-4H3,(H2,34,38)(H,35,41)(H,36,40)/t23?,27-,28+,29?,30?,33+/m1/s1. The summed E-state index contributed by atoms with van der Waals surface area (Å²) < 4.78 is 27.3. The van der Waals surface area contributed by atoms with E-state index in [1.165, 1.54) is 19.3 Å². The van der Waals surface area contributed by atoms with Gasteiger partial charge in [-0.15, -0.1) is 0 Å². The second-order valence-corrected chi connectivity index (χ2v) is 11.8. The molecule has 47 heavy (non-hydrogen) atoms. The van der Waals surface area contributed by atoms with Crippen molar-refractivity contribution in [3.05, 3.63) is 35.4 Å². The Labute approximate surface area is 275 Å². The summed E-state index contributed by atoms with van der Waals surface area (Å²) in [4.78, 5) is 45.4. The van der Waals surface area contributed by atoms with E-state index in [-0.39, 0.29) is 37.9 Å². The molecule has 6 atom stereocenters. The monoisotopic (exact) mass is 660 g/mol. The Kier molecular flexibility index (Phi) is 13.5. The number of primary amides is 1. The van der Waals surface area contributed by atoms with Crippen LogP contribution in [0.1, 0.15) is 57.1 Å². The molecule has 0 spiro atoms. The average Bonchev–Trinajstić information content (AvgIpc) is 3.75. The lowest BCUT2D eigenvalue weighted by Gasteiger charge is -2.37. The predicted molar refractivity (Wildman–Crippen MR) is 168 cm³/mol. The summed E-state index contributed by atoms with van der Waals surface area (Å²) in [5, 5.41) is 18.8. The molecule has 14 nitrogen and oxygen atoms in total. The van der Waals surface area contributed by atoms with Crippen LogP contribution >= 0.6 is 0 Å². The highest BCUT2D eigenvalue weighted by Gasteiger charge is 2.72. The SMILES string of the molecule is CCOC(C#Cc1cccc(CN2O[C@@]3(C(=O)NCCCCCC(N)=O)CC4OC4C(O)[C@H]3[C@H]2C(=O)NCC(OC)OC)c1)OCC. The van der Waals surface area contributed by atoms with E-state index in [0.29, 0.717) is 44.6 Å². The van der Waals surface area contributed by atoms with Crippen LogP contribution in [0.4, 0.5) is 0 Å². The number of ether oxygens (including phenoxy) is 5. The van der Waals surface area contributed by atoms with Crippen molar-refractivity contribution in [3.63, 3.8) is 0 Å². The molecule has 0 bridgehead atoms. The predicted octanol–water partition coefficient (Wildman–Crippen LogP) is 0.337. The van der Waals surface area contributed by atoms with Crippen LogP contribution in [0.2, 0.25) is 0 Å². The minimum Gasteiger partial charge on any atom is -0.390 e. The van der Waals surface area contributed by atoms with Gasteiger partial charge in [-0.2, -0.15) is 5.06 Å². The van der Waals surface area contributed by atoms with Crippen molar-refractivity contribution in [3.8, 4) is 11.8 Å². The van der Waals surface area contributed by atoms with Gasteiger partial charge in [-0.05, 0) is 50.3 Å². The van der Waals surface area contributed by atoms with Gasteiger partial charge in [-0.3, -0.25) is 19.2 Å². The number of benzene rings is 1. The fraction of sp³-hybridized carbons (Fsp3) is 0.667. The summed E-state index contributed by atoms with van der Waals surface area (Å²) in [5.41, 5.74) is 5.14. The number of aliphatic hydroxyl groups is 1. The topological polar surface area (TPSA) is 183 Å². The van der Waals surface area contributed by atoms with Gasteiger partial charge in [0.15, 0.2) is 11.9 Å². The molecule has 1 aromatic rings. The first-order chi connectivity index (χ1) is 22.7. The quantitative estimate of drug-likeness (QED) is 0.0737. The van der Waals surface area contributed by atoms with Crippen LogP contribution in [0.5, 0.6) is 0 Å². The Bertz CT molecular complexity index is 1280. The van der Waals surface area contributed by atoms with E-state index < -0.39 is 54.2 Å². The van der Waals surface area contributed by atoms with Gasteiger partial charge in [-0.25, -0.2) is 0 Å². The summed E-state index contributed by atoms with van der Waals surface area (Å²) in [6.07, 6.45) is -0.979. The van der Waals surface area contributed by atoms with E-state index in [0.717, 1.165) is 5.56 Å². The molecule has 3 unspecified atom stereocenters. The number of carbonyl (C=O) groups excluding carboxylic acids is 3. The molecule has 3 amide bonds. The molecule has 5 N–H and O–H groups in total. The minimum atomic E-state index is -1.56. The van der Waals surface area contributed by atoms with Crippen molar-refractivity contribution in [1.29, 1.82) is 0 Å². The third kappa shape index (κ3) is 9.27. The molecule has 0 aromatic heterocycles. The molecule has 1 aliphatic carbocycles. The number of rotatable bonds is 18. The first kappa shape index (κ1) is 36.7. The van der Waals surface area contributed by atoms with E-state index in [1.807, 2.05) is 38.1 Å². The van der Waals surface area contributed by atoms with E-state index in [1.54, 1.807) is 0 Å². The van der Waals surface area contributed by atoms with Crippen molar-refractivity contribution < 1.29 is 48.0 Å². The zero-order valence-corrected chi connectivity index (χ0v) is 27.6. The van der Waals surface area contributed by atoms with Crippen LogP contribution in [0.15, 0.2) is 24.3 Å². The first-order valence-electron chi connectivity index (χ1n) is 16.2. The van der Waals surface area contributed by atoms with E-state index in [4.69, 9.17) is 34.3 Å². The summed E-state index contributed by atoms with van der Waals surface area (Å²) in [6.45, 7) is 5.12. The maximum Gasteiger partial charge on any atom is 0.254 e. The van der Waals surface area contributed by atoms with Crippen LogP contribution in [-0.4, -0.2) is 111 Å². The molecule has 0 radical (unpaired) electrons. The largest absolute Gasteiger partial charge is 0.390 e.